The smallest absolute Gasteiger partial charge is 0.255 e. The first kappa shape index (κ1) is 17.3. The second-order valence-corrected chi connectivity index (χ2v) is 8.28. The molecule has 2 aliphatic rings. The van der Waals surface area contributed by atoms with Gasteiger partial charge >= 0.3 is 0 Å². The molecule has 0 bridgehead atoms. The number of nitrogens with one attached hydrogen (secondary N) is 2. The molecule has 2 fully saturated rings. The van der Waals surface area contributed by atoms with Crippen LogP contribution in [0, 0.1) is 6.92 Å². The lowest BCUT2D eigenvalue weighted by atomic mass is 10.0. The summed E-state index contributed by atoms with van der Waals surface area (Å²) in [5.41, 5.74) is 4.06. The Hall–Kier alpha value is -1.52. The van der Waals surface area contributed by atoms with Crippen LogP contribution in [-0.4, -0.2) is 17.3 Å². The summed E-state index contributed by atoms with van der Waals surface area (Å²) in [6.45, 7) is 8.28. The fraction of sp³-hybridized carbons (Fsp3) is 0.450. The van der Waals surface area contributed by atoms with Crippen LogP contribution < -0.4 is 10.6 Å². The normalized spacial score (nSPS) is 26.0. The minimum absolute atomic E-state index is 0.0272. The second kappa shape index (κ2) is 7.16. The van der Waals surface area contributed by atoms with E-state index in [2.05, 4.69) is 42.7 Å². The molecule has 1 saturated carbocycles. The van der Waals surface area contributed by atoms with E-state index in [-0.39, 0.29) is 5.91 Å². The van der Waals surface area contributed by atoms with E-state index in [9.17, 15) is 4.79 Å². The van der Waals surface area contributed by atoms with Crippen LogP contribution in [0.15, 0.2) is 41.0 Å². The van der Waals surface area contributed by atoms with Gasteiger partial charge in [-0.2, -0.15) is 0 Å². The maximum atomic E-state index is 12.5. The van der Waals surface area contributed by atoms with Crippen molar-refractivity contribution in [3.63, 3.8) is 0 Å². The lowest BCUT2D eigenvalue weighted by Gasteiger charge is -2.09. The number of thioether (sulfide) groups is 1. The lowest BCUT2D eigenvalue weighted by molar-refractivity contribution is 0.0965. The van der Waals surface area contributed by atoms with Gasteiger partial charge in [-0.15, -0.1) is 11.8 Å². The van der Waals surface area contributed by atoms with Gasteiger partial charge in [-0.3, -0.25) is 10.1 Å². The van der Waals surface area contributed by atoms with Gasteiger partial charge in [-0.1, -0.05) is 12.1 Å². The van der Waals surface area contributed by atoms with Gasteiger partial charge in [0, 0.05) is 22.2 Å². The van der Waals surface area contributed by atoms with Crippen molar-refractivity contribution in [2.24, 2.45) is 0 Å². The molecule has 2 N–H and O–H groups in total. The number of carbonyl (C=O) groups is 1. The number of carbonyl (C=O) groups excluding carboxylic acids is 1. The molecule has 1 aliphatic heterocycles. The number of hydrogen-bond donors (Lipinski definition) is 2. The van der Waals surface area contributed by atoms with Crippen LogP contribution in [0.25, 0.3) is 0 Å². The molecule has 2 unspecified atom stereocenters. The molecule has 1 saturated heterocycles. The molecule has 2 atom stereocenters. The molecule has 1 heterocycles. The number of aryl methyl sites for hydroxylation is 1. The monoisotopic (exact) mass is 342 g/mol. The van der Waals surface area contributed by atoms with Gasteiger partial charge in [0.25, 0.3) is 5.91 Å². The van der Waals surface area contributed by atoms with Gasteiger partial charge in [-0.05, 0) is 75.8 Å². The Morgan fingerprint density at radius 2 is 2.08 bits per heavy atom. The zero-order valence-electron chi connectivity index (χ0n) is 14.8. The maximum absolute atomic E-state index is 12.5. The summed E-state index contributed by atoms with van der Waals surface area (Å²) >= 11 is 1.84. The average Bonchev–Trinajstić information content (AvgIpc) is 3.31. The molecule has 3 nitrogen and oxygen atoms in total. The molecular weight excluding hydrogens is 316 g/mol. The quantitative estimate of drug-likeness (QED) is 0.849. The van der Waals surface area contributed by atoms with Crippen molar-refractivity contribution < 1.29 is 4.79 Å². The molecule has 0 radical (unpaired) electrons. The largest absolute Gasteiger partial charge is 0.326 e. The van der Waals surface area contributed by atoms with Crippen LogP contribution in [0.3, 0.4) is 0 Å². The van der Waals surface area contributed by atoms with Crippen LogP contribution in [0.2, 0.25) is 0 Å². The van der Waals surface area contributed by atoms with E-state index in [1.807, 2.05) is 37.8 Å². The Balaban J connectivity index is 1.65. The summed E-state index contributed by atoms with van der Waals surface area (Å²) in [6, 6.07) is 6.61. The molecule has 1 aliphatic carbocycles. The van der Waals surface area contributed by atoms with Gasteiger partial charge in [0.05, 0.1) is 5.37 Å². The van der Waals surface area contributed by atoms with Crippen LogP contribution in [-0.2, 0) is 0 Å². The minimum atomic E-state index is -0.0272. The van der Waals surface area contributed by atoms with Crippen LogP contribution in [0.4, 0.5) is 0 Å². The zero-order chi connectivity index (χ0) is 17.3. The highest BCUT2D eigenvalue weighted by Gasteiger charge is 2.24. The Labute approximate surface area is 149 Å². The van der Waals surface area contributed by atoms with E-state index in [1.54, 1.807) is 0 Å². The highest BCUT2D eigenvalue weighted by atomic mass is 32.2. The molecule has 128 valence electrons. The molecule has 1 aromatic rings. The number of hydrogen-bond acceptors (Lipinski definition) is 3. The standard InChI is InChI=1S/C20H26N2OS/c1-12-11-17(16-6-7-16)8-9-18(12)20(23)21-13(2)5-10-19-14(3)22-15(4)24-19/h5,8-11,14-16,22H,6-7H2,1-4H3,(H,21,23)/b13-5+,19-10+. The average molecular weight is 343 g/mol. The summed E-state index contributed by atoms with van der Waals surface area (Å²) in [5.74, 6) is 0.691. The summed E-state index contributed by atoms with van der Waals surface area (Å²) < 4.78 is 0. The topological polar surface area (TPSA) is 41.1 Å². The van der Waals surface area contributed by atoms with Crippen molar-refractivity contribution in [2.45, 2.75) is 57.9 Å². The molecule has 24 heavy (non-hydrogen) atoms. The van der Waals surface area contributed by atoms with Crippen molar-refractivity contribution >= 4 is 17.7 Å². The van der Waals surface area contributed by atoms with Gasteiger partial charge in [-0.25, -0.2) is 0 Å². The molecule has 4 heteroatoms. The number of rotatable bonds is 4. The van der Waals surface area contributed by atoms with E-state index in [0.29, 0.717) is 11.4 Å². The molecule has 1 aromatic carbocycles. The van der Waals surface area contributed by atoms with Crippen molar-refractivity contribution in [2.75, 3.05) is 0 Å². The van der Waals surface area contributed by atoms with Crippen LogP contribution in [0.1, 0.15) is 61.0 Å². The Bertz CT molecular complexity index is 704. The predicted octanol–water partition coefficient (Wildman–Crippen LogP) is 4.46. The summed E-state index contributed by atoms with van der Waals surface area (Å²) in [6.07, 6.45) is 6.66. The first-order chi connectivity index (χ1) is 11.4. The summed E-state index contributed by atoms with van der Waals surface area (Å²) in [4.78, 5) is 13.8. The fourth-order valence-electron chi connectivity index (χ4n) is 3.07. The zero-order valence-corrected chi connectivity index (χ0v) is 15.7. The summed E-state index contributed by atoms with van der Waals surface area (Å²) in [7, 11) is 0. The van der Waals surface area contributed by atoms with Gasteiger partial charge in [0.1, 0.15) is 0 Å². The van der Waals surface area contributed by atoms with Crippen molar-refractivity contribution in [1.29, 1.82) is 0 Å². The van der Waals surface area contributed by atoms with Gasteiger partial charge in [0.2, 0.25) is 0 Å². The summed E-state index contributed by atoms with van der Waals surface area (Å²) in [5, 5.41) is 6.91. The molecule has 0 spiro atoms. The predicted molar refractivity (Wildman–Crippen MR) is 102 cm³/mol. The van der Waals surface area contributed by atoms with Gasteiger partial charge < -0.3 is 5.32 Å². The third-order valence-corrected chi connectivity index (χ3v) is 5.83. The molecule has 0 aromatic heterocycles. The SMILES string of the molecule is C/C(=C\C=C1\SC(C)NC1C)NC(=O)c1ccc(C2CC2)cc1C. The minimum Gasteiger partial charge on any atom is -0.326 e. The lowest BCUT2D eigenvalue weighted by Crippen LogP contribution is -2.24. The third-order valence-electron chi connectivity index (χ3n) is 4.58. The van der Waals surface area contributed by atoms with E-state index in [4.69, 9.17) is 0 Å². The first-order valence-electron chi connectivity index (χ1n) is 8.67. The first-order valence-corrected chi connectivity index (χ1v) is 9.55. The molecule has 1 amide bonds. The Kier molecular flexibility index (Phi) is 5.16. The van der Waals surface area contributed by atoms with E-state index < -0.39 is 0 Å². The molecular formula is C20H26N2OS. The third kappa shape index (κ3) is 4.11. The molecule has 3 rings (SSSR count). The van der Waals surface area contributed by atoms with Crippen molar-refractivity contribution in [3.8, 4) is 0 Å². The number of allylic oxidation sites excluding steroid dienone is 3. The van der Waals surface area contributed by atoms with Crippen molar-refractivity contribution in [3.05, 3.63) is 57.6 Å². The van der Waals surface area contributed by atoms with Crippen molar-refractivity contribution in [1.82, 2.24) is 10.6 Å². The van der Waals surface area contributed by atoms with E-state index >= 15 is 0 Å². The Morgan fingerprint density at radius 3 is 2.67 bits per heavy atom. The highest BCUT2D eigenvalue weighted by molar-refractivity contribution is 8.04. The van der Waals surface area contributed by atoms with E-state index in [1.165, 1.54) is 23.3 Å². The Morgan fingerprint density at radius 1 is 1.33 bits per heavy atom. The number of benzene rings is 1. The van der Waals surface area contributed by atoms with Gasteiger partial charge in [0.15, 0.2) is 0 Å². The fourth-order valence-corrected chi connectivity index (χ4v) is 4.16. The number of amides is 1. The van der Waals surface area contributed by atoms with E-state index in [0.717, 1.165) is 22.7 Å². The highest BCUT2D eigenvalue weighted by Crippen LogP contribution is 2.40. The van der Waals surface area contributed by atoms with Crippen LogP contribution >= 0.6 is 11.8 Å². The van der Waals surface area contributed by atoms with Crippen LogP contribution in [0.5, 0.6) is 0 Å². The maximum Gasteiger partial charge on any atom is 0.255 e. The second-order valence-electron chi connectivity index (χ2n) is 6.87.